The number of carbonyl (C=O) groups excluding carboxylic acids is 2. The van der Waals surface area contributed by atoms with Crippen molar-refractivity contribution in [2.24, 2.45) is 0 Å². The van der Waals surface area contributed by atoms with Crippen LogP contribution in [0.1, 0.15) is 21.6 Å². The lowest BCUT2D eigenvalue weighted by molar-refractivity contribution is -0.121. The fourth-order valence-corrected chi connectivity index (χ4v) is 3.61. The van der Waals surface area contributed by atoms with Crippen LogP contribution < -0.4 is 21.3 Å². The number of nitrogens with two attached hydrogens (primary N) is 1. The van der Waals surface area contributed by atoms with Gasteiger partial charge in [-0.2, -0.15) is 0 Å². The Morgan fingerprint density at radius 3 is 2.74 bits per heavy atom. The minimum Gasteiger partial charge on any atom is -0.382 e. The number of rotatable bonds is 9. The van der Waals surface area contributed by atoms with Gasteiger partial charge in [0.1, 0.15) is 12.4 Å². The molecular weight excluding hydrogens is 448 g/mol. The number of likely N-dealkylation sites (N-methyl/N-ethyl adjacent to an activating group) is 1. The van der Waals surface area contributed by atoms with Gasteiger partial charge in [0.25, 0.3) is 5.91 Å². The van der Waals surface area contributed by atoms with Crippen LogP contribution in [0.4, 0.5) is 11.6 Å². The molecule has 2 amide bonds. The zero-order chi connectivity index (χ0) is 24.8. The molecule has 0 saturated carbocycles. The highest BCUT2D eigenvalue weighted by Gasteiger charge is 2.16. The summed E-state index contributed by atoms with van der Waals surface area (Å²) in [5.74, 6) is 0.176. The van der Waals surface area contributed by atoms with Crippen LogP contribution in [0.15, 0.2) is 49.1 Å². The molecule has 0 saturated heterocycles. The van der Waals surface area contributed by atoms with Gasteiger partial charge in [0.15, 0.2) is 11.5 Å². The van der Waals surface area contributed by atoms with Crippen molar-refractivity contribution >= 4 is 34.4 Å². The van der Waals surface area contributed by atoms with Crippen LogP contribution in [0.2, 0.25) is 0 Å². The molecule has 0 radical (unpaired) electrons. The van der Waals surface area contributed by atoms with Crippen LogP contribution in [0.3, 0.4) is 0 Å². The van der Waals surface area contributed by atoms with Crippen LogP contribution >= 0.6 is 0 Å². The zero-order valence-corrected chi connectivity index (χ0v) is 19.5. The maximum Gasteiger partial charge on any atom is 0.273 e. The minimum absolute atomic E-state index is 0.0660. The molecule has 0 spiro atoms. The Bertz CT molecular complexity index is 1340. The number of fused-ring (bicyclic) bond motifs is 1. The highest BCUT2D eigenvalue weighted by molar-refractivity contribution is 5.96. The molecule has 0 atom stereocenters. The van der Waals surface area contributed by atoms with Crippen molar-refractivity contribution in [3.63, 3.8) is 0 Å². The van der Waals surface area contributed by atoms with Crippen molar-refractivity contribution in [3.05, 3.63) is 65.9 Å². The van der Waals surface area contributed by atoms with Crippen LogP contribution in [0, 0.1) is 6.92 Å². The van der Waals surface area contributed by atoms with Crippen molar-refractivity contribution in [2.45, 2.75) is 20.0 Å². The number of pyridine rings is 1. The molecule has 4 rings (SSSR count). The van der Waals surface area contributed by atoms with E-state index in [1.165, 1.54) is 23.3 Å². The largest absolute Gasteiger partial charge is 0.382 e. The third-order valence-corrected chi connectivity index (χ3v) is 5.39. The lowest BCUT2D eigenvalue weighted by atomic mass is 10.1. The van der Waals surface area contributed by atoms with Crippen LogP contribution in [0.25, 0.3) is 10.9 Å². The van der Waals surface area contributed by atoms with E-state index in [0.717, 1.165) is 22.0 Å². The zero-order valence-electron chi connectivity index (χ0n) is 19.5. The van der Waals surface area contributed by atoms with Crippen LogP contribution in [-0.4, -0.2) is 61.9 Å². The van der Waals surface area contributed by atoms with E-state index in [4.69, 9.17) is 10.7 Å². The molecule has 0 bridgehead atoms. The van der Waals surface area contributed by atoms with Gasteiger partial charge in [-0.05, 0) is 18.6 Å². The normalized spacial score (nSPS) is 10.8. The lowest BCUT2D eigenvalue weighted by Gasteiger charge is -2.23. The first-order valence-corrected chi connectivity index (χ1v) is 11.0. The molecular formula is C23H26N10O2. The van der Waals surface area contributed by atoms with E-state index in [-0.39, 0.29) is 30.5 Å². The second-order valence-electron chi connectivity index (χ2n) is 7.96. The lowest BCUT2D eigenvalue weighted by Crippen LogP contribution is -2.36. The number of hydrogen-bond acceptors (Lipinski definition) is 9. The fraction of sp³-hybridized carbons (Fsp3) is 0.261. The van der Waals surface area contributed by atoms with Crippen molar-refractivity contribution in [1.82, 2.24) is 40.6 Å². The Labute approximate surface area is 201 Å². The average molecular weight is 475 g/mol. The average Bonchev–Trinajstić information content (AvgIpc) is 3.35. The minimum atomic E-state index is -0.422. The summed E-state index contributed by atoms with van der Waals surface area (Å²) in [6.45, 7) is 3.22. The van der Waals surface area contributed by atoms with Gasteiger partial charge in [0.2, 0.25) is 5.91 Å². The van der Waals surface area contributed by atoms with Crippen LogP contribution in [0.5, 0.6) is 0 Å². The van der Waals surface area contributed by atoms with E-state index in [2.05, 4.69) is 30.9 Å². The SMILES string of the molecule is Cc1cccc2cc(CNC(=O)c3nccnc3N)c(N(C)CCNC(=O)Cn3ccnn3)nc12. The van der Waals surface area contributed by atoms with E-state index in [0.29, 0.717) is 18.9 Å². The van der Waals surface area contributed by atoms with Gasteiger partial charge >= 0.3 is 0 Å². The van der Waals surface area contributed by atoms with E-state index in [9.17, 15) is 9.59 Å². The first-order valence-electron chi connectivity index (χ1n) is 11.0. The molecule has 0 aliphatic rings. The Kier molecular flexibility index (Phi) is 7.10. The predicted octanol–water partition coefficient (Wildman–Crippen LogP) is 0.690. The Morgan fingerprint density at radius 2 is 1.97 bits per heavy atom. The number of para-hydroxylation sites is 1. The second-order valence-corrected chi connectivity index (χ2v) is 7.96. The molecule has 3 aromatic heterocycles. The van der Waals surface area contributed by atoms with Gasteiger partial charge in [-0.15, -0.1) is 5.10 Å². The summed E-state index contributed by atoms with van der Waals surface area (Å²) >= 11 is 0. The topological polar surface area (TPSA) is 157 Å². The van der Waals surface area contributed by atoms with E-state index < -0.39 is 5.91 Å². The molecule has 0 aliphatic heterocycles. The summed E-state index contributed by atoms with van der Waals surface area (Å²) in [6, 6.07) is 7.96. The fourth-order valence-electron chi connectivity index (χ4n) is 3.61. The molecule has 4 N–H and O–H groups in total. The number of benzene rings is 1. The standard InChI is InChI=1S/C23H26N10O2/c1-15-4-3-5-16-12-17(13-28-23(35)20-21(24)27-7-6-26-20)22(30-19(15)16)32(2)10-8-25-18(34)14-33-11-9-29-31-33/h3-7,9,11-12H,8,10,13-14H2,1-2H3,(H2,24,27)(H,25,34)(H,28,35). The molecule has 0 fully saturated rings. The Hall–Kier alpha value is -4.61. The molecule has 4 aromatic rings. The van der Waals surface area contributed by atoms with Crippen molar-refractivity contribution in [1.29, 1.82) is 0 Å². The number of nitrogens with one attached hydrogen (secondary N) is 2. The van der Waals surface area contributed by atoms with E-state index in [1.54, 1.807) is 6.20 Å². The smallest absolute Gasteiger partial charge is 0.273 e. The third kappa shape index (κ3) is 5.66. The molecule has 0 unspecified atom stereocenters. The quantitative estimate of drug-likeness (QED) is 0.317. The molecule has 35 heavy (non-hydrogen) atoms. The number of amides is 2. The molecule has 3 heterocycles. The Balaban J connectivity index is 1.49. The van der Waals surface area contributed by atoms with Gasteiger partial charge in [0, 0.05) is 56.2 Å². The number of aromatic nitrogens is 6. The second kappa shape index (κ2) is 10.5. The van der Waals surface area contributed by atoms with Gasteiger partial charge in [0.05, 0.1) is 11.7 Å². The summed E-state index contributed by atoms with van der Waals surface area (Å²) in [7, 11) is 1.89. The maximum absolute atomic E-state index is 12.6. The Morgan fingerprint density at radius 1 is 1.14 bits per heavy atom. The van der Waals surface area contributed by atoms with Gasteiger partial charge in [-0.25, -0.2) is 19.6 Å². The monoisotopic (exact) mass is 474 g/mol. The van der Waals surface area contributed by atoms with E-state index in [1.807, 2.05) is 43.1 Å². The van der Waals surface area contributed by atoms with Crippen LogP contribution in [-0.2, 0) is 17.9 Å². The van der Waals surface area contributed by atoms with Gasteiger partial charge in [-0.1, -0.05) is 23.4 Å². The summed E-state index contributed by atoms with van der Waals surface area (Å²) in [6.07, 6.45) is 6.00. The van der Waals surface area contributed by atoms with E-state index >= 15 is 0 Å². The van der Waals surface area contributed by atoms with Gasteiger partial charge in [-0.3, -0.25) is 9.59 Å². The van der Waals surface area contributed by atoms with Gasteiger partial charge < -0.3 is 21.3 Å². The molecule has 1 aromatic carbocycles. The molecule has 0 aliphatic carbocycles. The number of hydrogen-bond donors (Lipinski definition) is 3. The predicted molar refractivity (Wildman–Crippen MR) is 130 cm³/mol. The van der Waals surface area contributed by atoms with Crippen molar-refractivity contribution in [2.75, 3.05) is 30.8 Å². The highest BCUT2D eigenvalue weighted by atomic mass is 16.2. The third-order valence-electron chi connectivity index (χ3n) is 5.39. The van der Waals surface area contributed by atoms with Crippen molar-refractivity contribution < 1.29 is 9.59 Å². The first-order chi connectivity index (χ1) is 16.9. The summed E-state index contributed by atoms with van der Waals surface area (Å²) < 4.78 is 1.46. The number of nitrogen functional groups attached to an aromatic ring is 1. The van der Waals surface area contributed by atoms with Crippen molar-refractivity contribution in [3.8, 4) is 0 Å². The first kappa shape index (κ1) is 23.5. The number of aryl methyl sites for hydroxylation is 1. The number of carbonyl (C=O) groups is 2. The maximum atomic E-state index is 12.6. The molecule has 12 nitrogen and oxygen atoms in total. The summed E-state index contributed by atoms with van der Waals surface area (Å²) in [5.41, 5.74) is 8.59. The number of anilines is 2. The molecule has 12 heteroatoms. The summed E-state index contributed by atoms with van der Waals surface area (Å²) in [4.78, 5) is 39.5. The highest BCUT2D eigenvalue weighted by Crippen LogP contribution is 2.25. The number of nitrogens with zero attached hydrogens (tertiary/aromatic N) is 7. The molecule has 180 valence electrons. The summed E-state index contributed by atoms with van der Waals surface area (Å²) in [5, 5.41) is 14.2.